The number of rotatable bonds is 4. The van der Waals surface area contributed by atoms with Crippen LogP contribution in [0, 0.1) is 5.82 Å². The molecule has 4 heteroatoms. The van der Waals surface area contributed by atoms with Gasteiger partial charge in [0.2, 0.25) is 0 Å². The van der Waals surface area contributed by atoms with Crippen LogP contribution < -0.4 is 5.73 Å². The summed E-state index contributed by atoms with van der Waals surface area (Å²) in [5.74, 6) is -0.898. The first-order valence-electron chi connectivity index (χ1n) is 6.02. The molecule has 2 aromatic rings. The largest absolute Gasteiger partial charge is 0.388 e. The second-order valence-corrected chi connectivity index (χ2v) is 4.74. The minimum Gasteiger partial charge on any atom is -0.388 e. The van der Waals surface area contributed by atoms with Gasteiger partial charge in [0.05, 0.1) is 6.10 Å². The maximum Gasteiger partial charge on any atom is 0.126 e. The van der Waals surface area contributed by atoms with E-state index in [-0.39, 0.29) is 12.4 Å². The van der Waals surface area contributed by atoms with Gasteiger partial charge in [-0.05, 0) is 23.3 Å². The van der Waals surface area contributed by atoms with Gasteiger partial charge in [-0.1, -0.05) is 48.0 Å². The van der Waals surface area contributed by atoms with E-state index in [0.717, 1.165) is 0 Å². The van der Waals surface area contributed by atoms with Crippen molar-refractivity contribution in [1.29, 1.82) is 0 Å². The molecular weight excluding hydrogens is 265 g/mol. The van der Waals surface area contributed by atoms with Crippen molar-refractivity contribution in [2.45, 2.75) is 12.0 Å². The zero-order chi connectivity index (χ0) is 13.8. The zero-order valence-electron chi connectivity index (χ0n) is 10.3. The molecule has 19 heavy (non-hydrogen) atoms. The number of halogens is 2. The Hall–Kier alpha value is -1.42. The third-order valence-corrected chi connectivity index (χ3v) is 3.51. The summed E-state index contributed by atoms with van der Waals surface area (Å²) in [4.78, 5) is 0. The van der Waals surface area contributed by atoms with E-state index in [9.17, 15) is 9.50 Å². The number of benzene rings is 2. The fourth-order valence-corrected chi connectivity index (χ4v) is 2.38. The molecule has 2 atom stereocenters. The van der Waals surface area contributed by atoms with Gasteiger partial charge in [0.15, 0.2) is 0 Å². The van der Waals surface area contributed by atoms with Crippen LogP contribution >= 0.6 is 11.6 Å². The van der Waals surface area contributed by atoms with Crippen molar-refractivity contribution in [2.24, 2.45) is 5.73 Å². The van der Waals surface area contributed by atoms with Gasteiger partial charge >= 0.3 is 0 Å². The smallest absolute Gasteiger partial charge is 0.126 e. The van der Waals surface area contributed by atoms with Gasteiger partial charge in [0.1, 0.15) is 5.82 Å². The van der Waals surface area contributed by atoms with E-state index in [0.29, 0.717) is 16.1 Å². The van der Waals surface area contributed by atoms with Gasteiger partial charge in [0.25, 0.3) is 0 Å². The van der Waals surface area contributed by atoms with Gasteiger partial charge in [-0.3, -0.25) is 0 Å². The molecule has 0 aliphatic rings. The Balaban J connectivity index is 2.38. The van der Waals surface area contributed by atoms with E-state index in [1.807, 2.05) is 0 Å². The summed E-state index contributed by atoms with van der Waals surface area (Å²) in [6.07, 6.45) is -0.935. The summed E-state index contributed by atoms with van der Waals surface area (Å²) in [6.45, 7) is 0.132. The van der Waals surface area contributed by atoms with E-state index in [1.165, 1.54) is 6.07 Å². The molecule has 0 saturated heterocycles. The van der Waals surface area contributed by atoms with E-state index >= 15 is 0 Å². The van der Waals surface area contributed by atoms with Crippen LogP contribution in [-0.2, 0) is 0 Å². The molecule has 0 fully saturated rings. The molecule has 0 bridgehead atoms. The molecule has 0 aliphatic carbocycles. The lowest BCUT2D eigenvalue weighted by atomic mass is 9.89. The summed E-state index contributed by atoms with van der Waals surface area (Å²) < 4.78 is 13.8. The minimum atomic E-state index is -0.935. The Kier molecular flexibility index (Phi) is 4.53. The number of hydrogen-bond donors (Lipinski definition) is 2. The molecule has 0 heterocycles. The van der Waals surface area contributed by atoms with Crippen LogP contribution in [0.4, 0.5) is 4.39 Å². The monoisotopic (exact) mass is 279 g/mol. The summed E-state index contributed by atoms with van der Waals surface area (Å²) >= 11 is 6.05. The van der Waals surface area contributed by atoms with Crippen molar-refractivity contribution >= 4 is 11.6 Å². The highest BCUT2D eigenvalue weighted by atomic mass is 35.5. The number of aliphatic hydroxyl groups excluding tert-OH is 1. The molecular formula is C15H15ClFNO. The van der Waals surface area contributed by atoms with Crippen LogP contribution in [0.15, 0.2) is 48.5 Å². The molecule has 2 rings (SSSR count). The quantitative estimate of drug-likeness (QED) is 0.902. The maximum atomic E-state index is 13.8. The lowest BCUT2D eigenvalue weighted by Gasteiger charge is -2.23. The first kappa shape index (κ1) is 14.0. The predicted molar refractivity (Wildman–Crippen MR) is 74.6 cm³/mol. The Morgan fingerprint density at radius 2 is 1.63 bits per heavy atom. The van der Waals surface area contributed by atoms with Crippen molar-refractivity contribution in [3.05, 3.63) is 70.5 Å². The molecule has 0 spiro atoms. The molecule has 0 amide bonds. The number of nitrogens with two attached hydrogens (primary N) is 1. The average molecular weight is 280 g/mol. The number of aliphatic hydroxyl groups is 1. The second-order valence-electron chi connectivity index (χ2n) is 4.33. The highest BCUT2D eigenvalue weighted by Gasteiger charge is 2.25. The van der Waals surface area contributed by atoms with Crippen LogP contribution in [0.25, 0.3) is 0 Å². The van der Waals surface area contributed by atoms with Crippen molar-refractivity contribution in [2.75, 3.05) is 6.54 Å². The van der Waals surface area contributed by atoms with Crippen LogP contribution in [0.2, 0.25) is 5.02 Å². The molecule has 2 aromatic carbocycles. The molecule has 0 saturated carbocycles. The third-order valence-electron chi connectivity index (χ3n) is 3.16. The van der Waals surface area contributed by atoms with E-state index in [2.05, 4.69) is 0 Å². The summed E-state index contributed by atoms with van der Waals surface area (Å²) in [5, 5.41) is 10.9. The average Bonchev–Trinajstić information content (AvgIpc) is 2.42. The first-order chi connectivity index (χ1) is 9.15. The maximum absolute atomic E-state index is 13.8. The third kappa shape index (κ3) is 2.95. The summed E-state index contributed by atoms with van der Waals surface area (Å²) in [6, 6.07) is 13.3. The molecule has 2 nitrogen and oxygen atoms in total. The second kappa shape index (κ2) is 6.15. The Morgan fingerprint density at radius 3 is 2.21 bits per heavy atom. The summed E-state index contributed by atoms with van der Waals surface area (Å²) in [5.41, 5.74) is 6.65. The fraction of sp³-hybridized carbons (Fsp3) is 0.200. The SMILES string of the molecule is NCC(c1ccccc1F)C(O)c1ccccc1Cl. The molecule has 2 unspecified atom stereocenters. The van der Waals surface area contributed by atoms with Crippen LogP contribution in [0.5, 0.6) is 0 Å². The molecule has 0 aliphatic heterocycles. The topological polar surface area (TPSA) is 46.2 Å². The predicted octanol–water partition coefficient (Wildman–Crippen LogP) is 3.26. The van der Waals surface area contributed by atoms with Crippen molar-refractivity contribution < 1.29 is 9.50 Å². The van der Waals surface area contributed by atoms with Gasteiger partial charge < -0.3 is 10.8 Å². The minimum absolute atomic E-state index is 0.132. The lowest BCUT2D eigenvalue weighted by Crippen LogP contribution is -2.21. The van der Waals surface area contributed by atoms with Crippen LogP contribution in [-0.4, -0.2) is 11.7 Å². The van der Waals surface area contributed by atoms with Gasteiger partial charge in [-0.15, -0.1) is 0 Å². The van der Waals surface area contributed by atoms with Crippen molar-refractivity contribution in [1.82, 2.24) is 0 Å². The van der Waals surface area contributed by atoms with Gasteiger partial charge in [-0.2, -0.15) is 0 Å². The summed E-state index contributed by atoms with van der Waals surface area (Å²) in [7, 11) is 0. The Morgan fingerprint density at radius 1 is 1.05 bits per heavy atom. The van der Waals surface area contributed by atoms with E-state index in [1.54, 1.807) is 42.5 Å². The molecule has 0 radical (unpaired) electrons. The lowest BCUT2D eigenvalue weighted by molar-refractivity contribution is 0.146. The Bertz CT molecular complexity index is 561. The highest BCUT2D eigenvalue weighted by Crippen LogP contribution is 2.34. The van der Waals surface area contributed by atoms with Gasteiger partial charge in [-0.25, -0.2) is 4.39 Å². The number of hydrogen-bond acceptors (Lipinski definition) is 2. The van der Waals surface area contributed by atoms with Crippen LogP contribution in [0.3, 0.4) is 0 Å². The zero-order valence-corrected chi connectivity index (χ0v) is 11.0. The van der Waals surface area contributed by atoms with Crippen LogP contribution in [0.1, 0.15) is 23.1 Å². The molecule has 3 N–H and O–H groups in total. The normalized spacial score (nSPS) is 14.1. The van der Waals surface area contributed by atoms with Crippen molar-refractivity contribution in [3.63, 3.8) is 0 Å². The Labute approximate surface area is 116 Å². The molecule has 100 valence electrons. The van der Waals surface area contributed by atoms with E-state index in [4.69, 9.17) is 17.3 Å². The van der Waals surface area contributed by atoms with Crippen molar-refractivity contribution in [3.8, 4) is 0 Å². The van der Waals surface area contributed by atoms with Gasteiger partial charge in [0, 0.05) is 17.5 Å². The molecule has 0 aromatic heterocycles. The first-order valence-corrected chi connectivity index (χ1v) is 6.40. The van der Waals surface area contributed by atoms with E-state index < -0.39 is 12.0 Å². The standard InChI is InChI=1S/C15H15ClFNO/c16-13-7-3-1-6-11(13)15(19)12(9-18)10-5-2-4-8-14(10)17/h1-8,12,15,19H,9,18H2. The highest BCUT2D eigenvalue weighted by molar-refractivity contribution is 6.31. The fourth-order valence-electron chi connectivity index (χ4n) is 2.13.